The standard InChI is InChI=1S/C17H28N4O2/c1-20(2)16-5-3-15(4-6-16)19-17(22)7-8-18-9-10-21-11-13-23-14-12-21/h3-6,18H,7-14H2,1-2H3,(H,19,22). The van der Waals surface area contributed by atoms with Crippen LogP contribution in [-0.4, -0.2) is 70.8 Å². The van der Waals surface area contributed by atoms with E-state index in [0.29, 0.717) is 13.0 Å². The zero-order valence-corrected chi connectivity index (χ0v) is 14.2. The van der Waals surface area contributed by atoms with Gasteiger partial charge in [0.15, 0.2) is 0 Å². The lowest BCUT2D eigenvalue weighted by Gasteiger charge is -2.26. The quantitative estimate of drug-likeness (QED) is 0.700. The molecule has 0 radical (unpaired) electrons. The fourth-order valence-electron chi connectivity index (χ4n) is 2.46. The summed E-state index contributed by atoms with van der Waals surface area (Å²) in [6.45, 7) is 6.29. The molecule has 0 bridgehead atoms. The van der Waals surface area contributed by atoms with Gasteiger partial charge in [0.25, 0.3) is 0 Å². The van der Waals surface area contributed by atoms with Crippen molar-refractivity contribution in [3.63, 3.8) is 0 Å². The first kappa shape index (κ1) is 17.7. The first-order chi connectivity index (χ1) is 11.1. The maximum Gasteiger partial charge on any atom is 0.225 e. The average molecular weight is 320 g/mol. The molecule has 0 atom stereocenters. The summed E-state index contributed by atoms with van der Waals surface area (Å²) < 4.78 is 5.32. The lowest BCUT2D eigenvalue weighted by atomic mass is 10.2. The van der Waals surface area contributed by atoms with Gasteiger partial charge in [-0.2, -0.15) is 0 Å². The molecule has 0 spiro atoms. The van der Waals surface area contributed by atoms with Gasteiger partial charge >= 0.3 is 0 Å². The summed E-state index contributed by atoms with van der Waals surface area (Å²) in [5.74, 6) is 0.0430. The largest absolute Gasteiger partial charge is 0.379 e. The van der Waals surface area contributed by atoms with E-state index in [0.717, 1.165) is 50.8 Å². The van der Waals surface area contributed by atoms with Crippen molar-refractivity contribution in [3.05, 3.63) is 24.3 Å². The van der Waals surface area contributed by atoms with E-state index in [2.05, 4.69) is 15.5 Å². The molecule has 1 fully saturated rings. The smallest absolute Gasteiger partial charge is 0.225 e. The van der Waals surface area contributed by atoms with Crippen molar-refractivity contribution in [2.24, 2.45) is 0 Å². The lowest BCUT2D eigenvalue weighted by molar-refractivity contribution is -0.116. The summed E-state index contributed by atoms with van der Waals surface area (Å²) in [5.41, 5.74) is 1.96. The maximum absolute atomic E-state index is 11.9. The van der Waals surface area contributed by atoms with E-state index in [1.54, 1.807) is 0 Å². The molecule has 1 aliphatic heterocycles. The Hall–Kier alpha value is -1.63. The van der Waals surface area contributed by atoms with Crippen LogP contribution in [0.4, 0.5) is 11.4 Å². The molecule has 6 nitrogen and oxygen atoms in total. The van der Waals surface area contributed by atoms with Crippen LogP contribution >= 0.6 is 0 Å². The number of ether oxygens (including phenoxy) is 1. The Morgan fingerprint density at radius 3 is 2.52 bits per heavy atom. The molecule has 1 aromatic rings. The highest BCUT2D eigenvalue weighted by molar-refractivity contribution is 5.91. The van der Waals surface area contributed by atoms with Crippen molar-refractivity contribution in [2.45, 2.75) is 6.42 Å². The summed E-state index contributed by atoms with van der Waals surface area (Å²) in [6, 6.07) is 7.85. The molecular formula is C17H28N4O2. The molecule has 0 saturated carbocycles. The minimum absolute atomic E-state index is 0.0430. The van der Waals surface area contributed by atoms with Gasteiger partial charge in [0.2, 0.25) is 5.91 Å². The topological polar surface area (TPSA) is 56.8 Å². The Labute approximate surface area is 138 Å². The number of hydrogen-bond donors (Lipinski definition) is 2. The van der Waals surface area contributed by atoms with Crippen LogP contribution < -0.4 is 15.5 Å². The van der Waals surface area contributed by atoms with Gasteiger partial charge in [-0.3, -0.25) is 9.69 Å². The zero-order valence-electron chi connectivity index (χ0n) is 14.2. The van der Waals surface area contributed by atoms with Crippen molar-refractivity contribution in [2.75, 3.05) is 70.2 Å². The van der Waals surface area contributed by atoms with Gasteiger partial charge in [-0.1, -0.05) is 0 Å². The van der Waals surface area contributed by atoms with Crippen LogP contribution in [0.25, 0.3) is 0 Å². The van der Waals surface area contributed by atoms with E-state index < -0.39 is 0 Å². The third-order valence-electron chi connectivity index (χ3n) is 3.90. The fourth-order valence-corrected chi connectivity index (χ4v) is 2.46. The second-order valence-electron chi connectivity index (χ2n) is 5.94. The molecule has 23 heavy (non-hydrogen) atoms. The second kappa shape index (κ2) is 9.50. The van der Waals surface area contributed by atoms with Gasteiger partial charge < -0.3 is 20.3 Å². The van der Waals surface area contributed by atoms with E-state index in [9.17, 15) is 4.79 Å². The maximum atomic E-state index is 11.9. The summed E-state index contributed by atoms with van der Waals surface area (Å²) in [7, 11) is 3.99. The number of nitrogens with zero attached hydrogens (tertiary/aromatic N) is 2. The van der Waals surface area contributed by atoms with Crippen molar-refractivity contribution < 1.29 is 9.53 Å². The Bertz CT molecular complexity index is 470. The van der Waals surface area contributed by atoms with E-state index in [4.69, 9.17) is 4.74 Å². The number of hydrogen-bond acceptors (Lipinski definition) is 5. The monoisotopic (exact) mass is 320 g/mol. The number of morpholine rings is 1. The fraction of sp³-hybridized carbons (Fsp3) is 0.588. The first-order valence-corrected chi connectivity index (χ1v) is 8.23. The molecule has 0 aromatic heterocycles. The van der Waals surface area contributed by atoms with Gasteiger partial charge in [0.1, 0.15) is 0 Å². The highest BCUT2D eigenvalue weighted by atomic mass is 16.5. The highest BCUT2D eigenvalue weighted by Gasteiger charge is 2.09. The number of rotatable bonds is 8. The van der Waals surface area contributed by atoms with E-state index in [1.807, 2.05) is 43.3 Å². The van der Waals surface area contributed by atoms with Gasteiger partial charge in [-0.15, -0.1) is 0 Å². The minimum Gasteiger partial charge on any atom is -0.379 e. The van der Waals surface area contributed by atoms with Crippen LogP contribution in [0.3, 0.4) is 0 Å². The van der Waals surface area contributed by atoms with Crippen LogP contribution in [0, 0.1) is 0 Å². The minimum atomic E-state index is 0.0430. The predicted molar refractivity (Wildman–Crippen MR) is 94.1 cm³/mol. The van der Waals surface area contributed by atoms with Crippen LogP contribution in [0.2, 0.25) is 0 Å². The zero-order chi connectivity index (χ0) is 16.5. The molecular weight excluding hydrogens is 292 g/mol. The number of benzene rings is 1. The van der Waals surface area contributed by atoms with Crippen molar-refractivity contribution in [3.8, 4) is 0 Å². The molecule has 1 aromatic carbocycles. The summed E-state index contributed by atoms with van der Waals surface area (Å²) >= 11 is 0. The molecule has 2 rings (SSSR count). The third kappa shape index (κ3) is 6.56. The third-order valence-corrected chi connectivity index (χ3v) is 3.90. The van der Waals surface area contributed by atoms with Crippen molar-refractivity contribution in [1.29, 1.82) is 0 Å². The van der Waals surface area contributed by atoms with E-state index in [-0.39, 0.29) is 5.91 Å². The number of carbonyl (C=O) groups excluding carboxylic acids is 1. The molecule has 6 heteroatoms. The van der Waals surface area contributed by atoms with E-state index >= 15 is 0 Å². The molecule has 1 amide bonds. The highest BCUT2D eigenvalue weighted by Crippen LogP contribution is 2.15. The Balaban J connectivity index is 1.57. The number of anilines is 2. The predicted octanol–water partition coefficient (Wildman–Crippen LogP) is 1.00. The van der Waals surface area contributed by atoms with E-state index in [1.165, 1.54) is 0 Å². The van der Waals surface area contributed by atoms with Gasteiger partial charge in [0, 0.05) is 64.6 Å². The SMILES string of the molecule is CN(C)c1ccc(NC(=O)CCNCCN2CCOCC2)cc1. The molecule has 2 N–H and O–H groups in total. The normalized spacial score (nSPS) is 15.4. The van der Waals surface area contributed by atoms with Gasteiger partial charge in [-0.05, 0) is 24.3 Å². The molecule has 0 aliphatic carbocycles. The van der Waals surface area contributed by atoms with Crippen LogP contribution in [0.1, 0.15) is 6.42 Å². The lowest BCUT2D eigenvalue weighted by Crippen LogP contribution is -2.40. The second-order valence-corrected chi connectivity index (χ2v) is 5.94. The first-order valence-electron chi connectivity index (χ1n) is 8.23. The molecule has 1 saturated heterocycles. The Morgan fingerprint density at radius 1 is 1.17 bits per heavy atom. The van der Waals surface area contributed by atoms with Crippen LogP contribution in [0.15, 0.2) is 24.3 Å². The molecule has 1 aliphatic rings. The summed E-state index contributed by atoms with van der Waals surface area (Å²) in [6.07, 6.45) is 0.485. The Morgan fingerprint density at radius 2 is 1.87 bits per heavy atom. The number of nitrogens with one attached hydrogen (secondary N) is 2. The number of amides is 1. The van der Waals surface area contributed by atoms with Crippen molar-refractivity contribution >= 4 is 17.3 Å². The van der Waals surface area contributed by atoms with Crippen LogP contribution in [-0.2, 0) is 9.53 Å². The summed E-state index contributed by atoms with van der Waals surface area (Å²) in [4.78, 5) is 16.3. The molecule has 1 heterocycles. The summed E-state index contributed by atoms with van der Waals surface area (Å²) in [5, 5.41) is 6.25. The van der Waals surface area contributed by atoms with Crippen molar-refractivity contribution in [1.82, 2.24) is 10.2 Å². The van der Waals surface area contributed by atoms with Crippen LogP contribution in [0.5, 0.6) is 0 Å². The molecule has 0 unspecified atom stereocenters. The Kier molecular flexibility index (Phi) is 7.32. The van der Waals surface area contributed by atoms with Gasteiger partial charge in [-0.25, -0.2) is 0 Å². The molecule has 128 valence electrons. The number of carbonyl (C=O) groups is 1. The van der Waals surface area contributed by atoms with Gasteiger partial charge in [0.05, 0.1) is 13.2 Å². The average Bonchev–Trinajstić information content (AvgIpc) is 2.56.